The summed E-state index contributed by atoms with van der Waals surface area (Å²) in [4.78, 5) is 7.49. The number of hydrogen-bond acceptors (Lipinski definition) is 2. The van der Waals surface area contributed by atoms with Crippen molar-refractivity contribution in [3.8, 4) is 0 Å². The standard InChI is InChI=1S/C9H13N3.2C2H6/c1-6-3-8(10-4-6)9-11-5-7(2)12-9;2*1-2/h3,5,8,10H,4H2,1-2H3,(H,11,12);2*1-2H3. The van der Waals surface area contributed by atoms with Gasteiger partial charge < -0.3 is 10.3 Å². The Kier molecular flexibility index (Phi) is 7.56. The molecule has 0 spiro atoms. The molecule has 0 bridgehead atoms. The van der Waals surface area contributed by atoms with Gasteiger partial charge in [-0.3, -0.25) is 0 Å². The highest BCUT2D eigenvalue weighted by Crippen LogP contribution is 2.17. The minimum atomic E-state index is 0.290. The molecule has 3 heteroatoms. The Morgan fingerprint density at radius 2 is 1.81 bits per heavy atom. The summed E-state index contributed by atoms with van der Waals surface area (Å²) in [6, 6.07) is 0.290. The fourth-order valence-corrected chi connectivity index (χ4v) is 1.44. The monoisotopic (exact) mass is 223 g/mol. The van der Waals surface area contributed by atoms with Gasteiger partial charge in [0.25, 0.3) is 0 Å². The molecule has 1 atom stereocenters. The third-order valence-corrected chi connectivity index (χ3v) is 2.07. The van der Waals surface area contributed by atoms with Gasteiger partial charge in [0, 0.05) is 18.4 Å². The van der Waals surface area contributed by atoms with Crippen LogP contribution in [-0.2, 0) is 0 Å². The average Bonchev–Trinajstić information content (AvgIpc) is 2.93. The maximum absolute atomic E-state index is 4.27. The highest BCUT2D eigenvalue weighted by molar-refractivity contribution is 5.19. The normalized spacial score (nSPS) is 17.9. The third-order valence-electron chi connectivity index (χ3n) is 2.07. The van der Waals surface area contributed by atoms with Gasteiger partial charge in [-0.05, 0) is 13.8 Å². The number of aromatic amines is 1. The van der Waals surface area contributed by atoms with Crippen molar-refractivity contribution in [1.29, 1.82) is 0 Å². The summed E-state index contributed by atoms with van der Waals surface area (Å²) in [6.07, 6.45) is 4.07. The van der Waals surface area contributed by atoms with E-state index in [-0.39, 0.29) is 0 Å². The number of imidazole rings is 1. The van der Waals surface area contributed by atoms with Crippen LogP contribution in [0.3, 0.4) is 0 Å². The van der Waals surface area contributed by atoms with Gasteiger partial charge in [-0.1, -0.05) is 39.3 Å². The van der Waals surface area contributed by atoms with Crippen molar-refractivity contribution in [2.45, 2.75) is 47.6 Å². The van der Waals surface area contributed by atoms with E-state index in [1.807, 2.05) is 40.8 Å². The van der Waals surface area contributed by atoms with Crippen LogP contribution in [0.1, 0.15) is 52.2 Å². The molecule has 92 valence electrons. The van der Waals surface area contributed by atoms with Gasteiger partial charge in [0.1, 0.15) is 5.82 Å². The number of hydrogen-bond donors (Lipinski definition) is 2. The Balaban J connectivity index is 0.000000509. The SMILES string of the molecule is CC.CC.CC1=CC(c2ncc(C)[nH]2)NC1. The first-order valence-electron chi connectivity index (χ1n) is 6.18. The van der Waals surface area contributed by atoms with E-state index in [0.717, 1.165) is 18.1 Å². The van der Waals surface area contributed by atoms with Crippen molar-refractivity contribution in [3.05, 3.63) is 29.4 Å². The molecule has 2 rings (SSSR count). The molecule has 2 heterocycles. The molecule has 0 fully saturated rings. The van der Waals surface area contributed by atoms with Crippen LogP contribution in [0.15, 0.2) is 17.8 Å². The van der Waals surface area contributed by atoms with Crippen LogP contribution >= 0.6 is 0 Å². The summed E-state index contributed by atoms with van der Waals surface area (Å²) in [7, 11) is 0. The summed E-state index contributed by atoms with van der Waals surface area (Å²) in [5, 5.41) is 3.35. The lowest BCUT2D eigenvalue weighted by Gasteiger charge is -2.03. The first-order valence-corrected chi connectivity index (χ1v) is 6.18. The number of nitrogens with zero attached hydrogens (tertiary/aromatic N) is 1. The highest BCUT2D eigenvalue weighted by Gasteiger charge is 2.16. The van der Waals surface area contributed by atoms with Crippen molar-refractivity contribution in [2.24, 2.45) is 0 Å². The van der Waals surface area contributed by atoms with E-state index in [2.05, 4.69) is 28.3 Å². The molecule has 1 unspecified atom stereocenters. The Morgan fingerprint density at radius 3 is 2.19 bits per heavy atom. The predicted molar refractivity (Wildman–Crippen MR) is 70.5 cm³/mol. The Labute approximate surface area is 99.4 Å². The zero-order valence-electron chi connectivity index (χ0n) is 11.4. The minimum Gasteiger partial charge on any atom is -0.345 e. The third kappa shape index (κ3) is 4.19. The Bertz CT molecular complexity index is 313. The topological polar surface area (TPSA) is 40.7 Å². The lowest BCUT2D eigenvalue weighted by molar-refractivity contribution is 0.672. The molecule has 2 N–H and O–H groups in total. The molecular weight excluding hydrogens is 198 g/mol. The largest absolute Gasteiger partial charge is 0.345 e. The van der Waals surface area contributed by atoms with Gasteiger partial charge in [-0.25, -0.2) is 4.98 Å². The van der Waals surface area contributed by atoms with E-state index in [1.54, 1.807) is 0 Å². The smallest absolute Gasteiger partial charge is 0.127 e. The van der Waals surface area contributed by atoms with Gasteiger partial charge in [0.2, 0.25) is 0 Å². The van der Waals surface area contributed by atoms with Crippen molar-refractivity contribution in [1.82, 2.24) is 15.3 Å². The van der Waals surface area contributed by atoms with E-state index in [9.17, 15) is 0 Å². The summed E-state index contributed by atoms with van der Waals surface area (Å²) < 4.78 is 0. The molecule has 0 saturated carbocycles. The van der Waals surface area contributed by atoms with Crippen LogP contribution in [-0.4, -0.2) is 16.5 Å². The number of rotatable bonds is 1. The molecule has 0 aromatic carbocycles. The second-order valence-corrected chi connectivity index (χ2v) is 3.32. The summed E-state index contributed by atoms with van der Waals surface area (Å²) >= 11 is 0. The van der Waals surface area contributed by atoms with Gasteiger partial charge in [0.15, 0.2) is 0 Å². The van der Waals surface area contributed by atoms with E-state index >= 15 is 0 Å². The van der Waals surface area contributed by atoms with E-state index in [0.29, 0.717) is 6.04 Å². The van der Waals surface area contributed by atoms with Crippen molar-refractivity contribution < 1.29 is 0 Å². The second kappa shape index (κ2) is 8.11. The summed E-state index contributed by atoms with van der Waals surface area (Å²) in [5.41, 5.74) is 2.50. The first-order chi connectivity index (χ1) is 7.75. The first kappa shape index (κ1) is 14.9. The second-order valence-electron chi connectivity index (χ2n) is 3.32. The zero-order valence-corrected chi connectivity index (χ0v) is 11.4. The molecule has 0 amide bonds. The van der Waals surface area contributed by atoms with Gasteiger partial charge in [-0.2, -0.15) is 0 Å². The molecule has 0 saturated heterocycles. The highest BCUT2D eigenvalue weighted by atomic mass is 15.0. The molecule has 1 aromatic heterocycles. The number of nitrogens with one attached hydrogen (secondary N) is 2. The molecular formula is C13H25N3. The molecule has 3 nitrogen and oxygen atoms in total. The Hall–Kier alpha value is -1.09. The summed E-state index contributed by atoms with van der Waals surface area (Å²) in [6.45, 7) is 13.1. The number of aryl methyl sites for hydroxylation is 1. The van der Waals surface area contributed by atoms with Crippen LogP contribution in [0.5, 0.6) is 0 Å². The minimum absolute atomic E-state index is 0.290. The molecule has 1 aliphatic heterocycles. The number of aromatic nitrogens is 2. The zero-order chi connectivity index (χ0) is 12.6. The molecule has 1 aliphatic rings. The van der Waals surface area contributed by atoms with Crippen LogP contribution in [0, 0.1) is 6.92 Å². The van der Waals surface area contributed by atoms with Gasteiger partial charge in [-0.15, -0.1) is 0 Å². The summed E-state index contributed by atoms with van der Waals surface area (Å²) in [5.74, 6) is 1.02. The fraction of sp³-hybridized carbons (Fsp3) is 0.615. The average molecular weight is 223 g/mol. The van der Waals surface area contributed by atoms with Gasteiger partial charge in [0.05, 0.1) is 6.04 Å². The lowest BCUT2D eigenvalue weighted by Crippen LogP contribution is -2.15. The van der Waals surface area contributed by atoms with Crippen LogP contribution < -0.4 is 5.32 Å². The van der Waals surface area contributed by atoms with E-state index in [4.69, 9.17) is 0 Å². The van der Waals surface area contributed by atoms with Crippen molar-refractivity contribution in [3.63, 3.8) is 0 Å². The maximum atomic E-state index is 4.27. The van der Waals surface area contributed by atoms with Crippen LogP contribution in [0.25, 0.3) is 0 Å². The number of H-pyrrole nitrogens is 1. The van der Waals surface area contributed by atoms with Gasteiger partial charge >= 0.3 is 0 Å². The van der Waals surface area contributed by atoms with Crippen molar-refractivity contribution >= 4 is 0 Å². The van der Waals surface area contributed by atoms with E-state index in [1.165, 1.54) is 5.57 Å². The molecule has 0 radical (unpaired) electrons. The molecule has 1 aromatic rings. The van der Waals surface area contributed by atoms with Crippen LogP contribution in [0.2, 0.25) is 0 Å². The van der Waals surface area contributed by atoms with Crippen LogP contribution in [0.4, 0.5) is 0 Å². The predicted octanol–water partition coefficient (Wildman–Crippen LogP) is 3.36. The lowest BCUT2D eigenvalue weighted by atomic mass is 10.2. The molecule has 0 aliphatic carbocycles. The maximum Gasteiger partial charge on any atom is 0.127 e. The van der Waals surface area contributed by atoms with Crippen molar-refractivity contribution in [2.75, 3.05) is 6.54 Å². The fourth-order valence-electron chi connectivity index (χ4n) is 1.44. The Morgan fingerprint density at radius 1 is 1.19 bits per heavy atom. The molecule has 16 heavy (non-hydrogen) atoms. The van der Waals surface area contributed by atoms with E-state index < -0.39 is 0 Å². The quantitative estimate of drug-likeness (QED) is 0.717.